The van der Waals surface area contributed by atoms with Crippen LogP contribution in [0, 0.1) is 0 Å². The molecule has 2 rings (SSSR count). The maximum absolute atomic E-state index is 11.1. The Morgan fingerprint density at radius 2 is 2.07 bits per heavy atom. The van der Waals surface area contributed by atoms with Crippen LogP contribution in [0.3, 0.4) is 0 Å². The van der Waals surface area contributed by atoms with Crippen molar-refractivity contribution in [2.24, 2.45) is 0 Å². The summed E-state index contributed by atoms with van der Waals surface area (Å²) in [5.41, 5.74) is 0.719. The predicted molar refractivity (Wildman–Crippen MR) is 61.2 cm³/mol. The van der Waals surface area contributed by atoms with Gasteiger partial charge in [-0.2, -0.15) is 0 Å². The Bertz CT molecular complexity index is 413. The lowest BCUT2D eigenvalue weighted by atomic mass is 10.0. The van der Waals surface area contributed by atoms with Gasteiger partial charge >= 0.3 is 0 Å². The van der Waals surface area contributed by atoms with Gasteiger partial charge < -0.3 is 5.32 Å². The van der Waals surface area contributed by atoms with Crippen LogP contribution in [0.5, 0.6) is 0 Å². The molecule has 0 heterocycles. The highest BCUT2D eigenvalue weighted by Crippen LogP contribution is 2.48. The van der Waals surface area contributed by atoms with Gasteiger partial charge in [-0.05, 0) is 30.5 Å². The number of amides is 1. The van der Waals surface area contributed by atoms with Crippen LogP contribution in [0.25, 0.3) is 0 Å². The molecule has 1 saturated carbocycles. The Morgan fingerprint density at radius 1 is 1.40 bits per heavy atom. The third-order valence-electron chi connectivity index (χ3n) is 2.61. The van der Waals surface area contributed by atoms with Gasteiger partial charge in [-0.1, -0.05) is 29.3 Å². The van der Waals surface area contributed by atoms with E-state index in [1.54, 1.807) is 12.1 Å². The van der Waals surface area contributed by atoms with Gasteiger partial charge in [0.2, 0.25) is 5.91 Å². The largest absolute Gasteiger partial charge is 0.347 e. The third-order valence-corrected chi connectivity index (χ3v) is 3.16. The van der Waals surface area contributed by atoms with Crippen LogP contribution in [-0.2, 0) is 10.3 Å². The fourth-order valence-corrected chi connectivity index (χ4v) is 2.39. The van der Waals surface area contributed by atoms with Gasteiger partial charge in [0.15, 0.2) is 0 Å². The summed E-state index contributed by atoms with van der Waals surface area (Å²) in [6, 6.07) is 5.39. The molecular weight excluding hydrogens is 233 g/mol. The summed E-state index contributed by atoms with van der Waals surface area (Å²) in [6.07, 6.45) is 1.88. The van der Waals surface area contributed by atoms with E-state index < -0.39 is 0 Å². The zero-order chi connectivity index (χ0) is 11.1. The van der Waals surface area contributed by atoms with E-state index in [0.717, 1.165) is 18.4 Å². The van der Waals surface area contributed by atoms with Crippen LogP contribution >= 0.6 is 23.2 Å². The molecule has 1 N–H and O–H groups in total. The number of halogens is 2. The molecule has 0 unspecified atom stereocenters. The first-order valence-corrected chi connectivity index (χ1v) is 5.53. The lowest BCUT2D eigenvalue weighted by Gasteiger charge is -2.18. The number of rotatable bonds is 2. The second-order valence-electron chi connectivity index (χ2n) is 3.89. The maximum atomic E-state index is 11.1. The summed E-state index contributed by atoms with van der Waals surface area (Å²) in [5.74, 6) is -0.0292. The first-order chi connectivity index (χ1) is 7.03. The first-order valence-electron chi connectivity index (χ1n) is 4.78. The standard InChI is InChI=1S/C11H11Cl2NO/c1-7(15)14-11(4-5-11)9-3-2-8(12)6-10(9)13/h2-3,6H,4-5H2,1H3,(H,14,15). The van der Waals surface area contributed by atoms with Gasteiger partial charge in [0, 0.05) is 17.0 Å². The van der Waals surface area contributed by atoms with E-state index in [9.17, 15) is 4.79 Å². The highest BCUT2D eigenvalue weighted by Gasteiger charge is 2.46. The van der Waals surface area contributed by atoms with Gasteiger partial charge in [0.1, 0.15) is 0 Å². The number of nitrogens with one attached hydrogen (secondary N) is 1. The van der Waals surface area contributed by atoms with Crippen LogP contribution in [0.4, 0.5) is 0 Å². The molecule has 0 aliphatic heterocycles. The van der Waals surface area contributed by atoms with Crippen molar-refractivity contribution < 1.29 is 4.79 Å². The molecule has 1 aliphatic rings. The number of benzene rings is 1. The van der Waals surface area contributed by atoms with Crippen LogP contribution in [0.1, 0.15) is 25.3 Å². The molecule has 0 saturated heterocycles. The molecular formula is C11H11Cl2NO. The Balaban J connectivity index is 2.33. The van der Waals surface area contributed by atoms with Crippen molar-refractivity contribution in [1.29, 1.82) is 0 Å². The lowest BCUT2D eigenvalue weighted by Crippen LogP contribution is -2.33. The quantitative estimate of drug-likeness (QED) is 0.850. The molecule has 0 spiro atoms. The topological polar surface area (TPSA) is 29.1 Å². The molecule has 4 heteroatoms. The minimum absolute atomic E-state index is 0.0292. The van der Waals surface area contributed by atoms with Crippen LogP contribution < -0.4 is 5.32 Å². The van der Waals surface area contributed by atoms with Crippen molar-refractivity contribution in [2.75, 3.05) is 0 Å². The molecule has 1 amide bonds. The van der Waals surface area contributed by atoms with Crippen LogP contribution in [0.2, 0.25) is 10.0 Å². The summed E-state index contributed by atoms with van der Waals surface area (Å²) in [5, 5.41) is 4.17. The van der Waals surface area contributed by atoms with Gasteiger partial charge in [0.05, 0.1) is 5.54 Å². The Morgan fingerprint density at radius 3 is 2.53 bits per heavy atom. The van der Waals surface area contributed by atoms with Gasteiger partial charge in [-0.25, -0.2) is 0 Å². The minimum Gasteiger partial charge on any atom is -0.347 e. The Labute approximate surface area is 98.6 Å². The average Bonchev–Trinajstić information content (AvgIpc) is 2.83. The van der Waals surface area contributed by atoms with E-state index in [0.29, 0.717) is 10.0 Å². The molecule has 1 aromatic rings. The van der Waals surface area contributed by atoms with Gasteiger partial charge in [-0.3, -0.25) is 4.79 Å². The molecule has 2 nitrogen and oxygen atoms in total. The van der Waals surface area contributed by atoms with E-state index in [4.69, 9.17) is 23.2 Å². The minimum atomic E-state index is -0.243. The summed E-state index contributed by atoms with van der Waals surface area (Å²) in [4.78, 5) is 11.1. The molecule has 0 atom stereocenters. The summed E-state index contributed by atoms with van der Waals surface area (Å²) >= 11 is 11.9. The molecule has 1 fully saturated rings. The van der Waals surface area contributed by atoms with Crippen molar-refractivity contribution in [2.45, 2.75) is 25.3 Å². The van der Waals surface area contributed by atoms with Gasteiger partial charge in [-0.15, -0.1) is 0 Å². The number of carbonyl (C=O) groups is 1. The van der Waals surface area contributed by atoms with E-state index >= 15 is 0 Å². The monoisotopic (exact) mass is 243 g/mol. The molecule has 1 aromatic carbocycles. The van der Waals surface area contributed by atoms with Crippen molar-refractivity contribution in [3.63, 3.8) is 0 Å². The summed E-state index contributed by atoms with van der Waals surface area (Å²) in [6.45, 7) is 1.52. The van der Waals surface area contributed by atoms with E-state index in [2.05, 4.69) is 5.32 Å². The highest BCUT2D eigenvalue weighted by atomic mass is 35.5. The second kappa shape index (κ2) is 3.69. The third kappa shape index (κ3) is 2.11. The molecule has 1 aliphatic carbocycles. The molecule has 15 heavy (non-hydrogen) atoms. The number of hydrogen-bond acceptors (Lipinski definition) is 1. The summed E-state index contributed by atoms with van der Waals surface area (Å²) in [7, 11) is 0. The fourth-order valence-electron chi connectivity index (χ4n) is 1.80. The first kappa shape index (κ1) is 10.8. The normalized spacial score (nSPS) is 17.3. The van der Waals surface area contributed by atoms with E-state index in [-0.39, 0.29) is 11.4 Å². The van der Waals surface area contributed by atoms with Crippen LogP contribution in [0.15, 0.2) is 18.2 Å². The lowest BCUT2D eigenvalue weighted by molar-refractivity contribution is -0.120. The van der Waals surface area contributed by atoms with Crippen molar-refractivity contribution in [1.82, 2.24) is 5.32 Å². The summed E-state index contributed by atoms with van der Waals surface area (Å²) < 4.78 is 0. The smallest absolute Gasteiger partial charge is 0.217 e. The molecule has 0 radical (unpaired) electrons. The zero-order valence-electron chi connectivity index (χ0n) is 8.31. The second-order valence-corrected chi connectivity index (χ2v) is 4.73. The fraction of sp³-hybridized carbons (Fsp3) is 0.364. The van der Waals surface area contributed by atoms with E-state index in [1.807, 2.05) is 6.07 Å². The zero-order valence-corrected chi connectivity index (χ0v) is 9.82. The van der Waals surface area contributed by atoms with Crippen molar-refractivity contribution in [3.05, 3.63) is 33.8 Å². The molecule has 0 aromatic heterocycles. The number of hydrogen-bond donors (Lipinski definition) is 1. The maximum Gasteiger partial charge on any atom is 0.217 e. The molecule has 80 valence electrons. The van der Waals surface area contributed by atoms with Gasteiger partial charge in [0.25, 0.3) is 0 Å². The van der Waals surface area contributed by atoms with Crippen molar-refractivity contribution >= 4 is 29.1 Å². The van der Waals surface area contributed by atoms with E-state index in [1.165, 1.54) is 6.92 Å². The molecule has 0 bridgehead atoms. The highest BCUT2D eigenvalue weighted by molar-refractivity contribution is 6.35. The van der Waals surface area contributed by atoms with Crippen molar-refractivity contribution in [3.8, 4) is 0 Å². The van der Waals surface area contributed by atoms with Crippen LogP contribution in [-0.4, -0.2) is 5.91 Å². The average molecular weight is 244 g/mol. The number of carbonyl (C=O) groups excluding carboxylic acids is 1. The Hall–Kier alpha value is -0.730. The Kier molecular flexibility index (Phi) is 2.65. The SMILES string of the molecule is CC(=O)NC1(c2ccc(Cl)cc2Cl)CC1. The predicted octanol–water partition coefficient (Wildman–Crippen LogP) is 3.12.